The van der Waals surface area contributed by atoms with Crippen molar-refractivity contribution >= 4 is 11.8 Å². The Kier molecular flexibility index (Phi) is 6.62. The highest BCUT2D eigenvalue weighted by Crippen LogP contribution is 2.40. The summed E-state index contributed by atoms with van der Waals surface area (Å²) in [5, 5.41) is 0. The number of amides is 2. The summed E-state index contributed by atoms with van der Waals surface area (Å²) in [7, 11) is 0. The zero-order chi connectivity index (χ0) is 23.7. The van der Waals surface area contributed by atoms with E-state index in [0.29, 0.717) is 5.75 Å². The molecule has 34 heavy (non-hydrogen) atoms. The lowest BCUT2D eigenvalue weighted by Gasteiger charge is -2.39. The fourth-order valence-corrected chi connectivity index (χ4v) is 5.87. The molecule has 0 aromatic heterocycles. The third-order valence-corrected chi connectivity index (χ3v) is 7.80. The molecule has 5 heteroatoms. The Labute approximate surface area is 203 Å². The van der Waals surface area contributed by atoms with Crippen molar-refractivity contribution in [2.24, 2.45) is 5.92 Å². The maximum absolute atomic E-state index is 13.6. The highest BCUT2D eigenvalue weighted by molar-refractivity contribution is 5.81. The molecule has 2 atom stereocenters. The molecular weight excluding hydrogens is 424 g/mol. The highest BCUT2D eigenvalue weighted by Gasteiger charge is 2.36. The first kappa shape index (κ1) is 22.9. The van der Waals surface area contributed by atoms with Crippen LogP contribution in [0.3, 0.4) is 0 Å². The molecule has 5 nitrogen and oxygen atoms in total. The molecule has 3 aliphatic rings. The summed E-state index contributed by atoms with van der Waals surface area (Å²) in [6, 6.07) is 14.6. The zero-order valence-electron chi connectivity index (χ0n) is 20.5. The Morgan fingerprint density at radius 2 is 1.65 bits per heavy atom. The van der Waals surface area contributed by atoms with Crippen molar-refractivity contribution in [3.05, 3.63) is 64.7 Å². The molecule has 2 aromatic rings. The van der Waals surface area contributed by atoms with Crippen LogP contribution in [0.5, 0.6) is 5.75 Å². The van der Waals surface area contributed by atoms with Gasteiger partial charge in [0.25, 0.3) is 5.91 Å². The maximum Gasteiger partial charge on any atom is 0.263 e. The normalized spacial score (nSPS) is 21.4. The van der Waals surface area contributed by atoms with Crippen LogP contribution in [-0.2, 0) is 16.0 Å². The van der Waals surface area contributed by atoms with Gasteiger partial charge in [-0.15, -0.1) is 0 Å². The van der Waals surface area contributed by atoms with E-state index in [4.69, 9.17) is 4.74 Å². The van der Waals surface area contributed by atoms with Gasteiger partial charge in [-0.25, -0.2) is 0 Å². The molecule has 2 aromatic carbocycles. The van der Waals surface area contributed by atoms with Crippen molar-refractivity contribution < 1.29 is 14.3 Å². The molecular formula is C29H36N2O3. The van der Waals surface area contributed by atoms with Crippen molar-refractivity contribution in [1.82, 2.24) is 9.80 Å². The zero-order valence-corrected chi connectivity index (χ0v) is 20.5. The third kappa shape index (κ3) is 4.57. The van der Waals surface area contributed by atoms with Crippen LogP contribution in [0.1, 0.15) is 73.7 Å². The van der Waals surface area contributed by atoms with E-state index in [2.05, 4.69) is 48.2 Å². The number of hydrogen-bond acceptors (Lipinski definition) is 3. The molecule has 0 bridgehead atoms. The largest absolute Gasteiger partial charge is 0.481 e. The van der Waals surface area contributed by atoms with Crippen LogP contribution in [0, 0.1) is 12.8 Å². The van der Waals surface area contributed by atoms with Gasteiger partial charge in [-0.05, 0) is 74.8 Å². The Balaban J connectivity index is 1.45. The van der Waals surface area contributed by atoms with Crippen molar-refractivity contribution in [2.75, 3.05) is 19.6 Å². The van der Waals surface area contributed by atoms with Crippen molar-refractivity contribution in [2.45, 2.75) is 70.9 Å². The molecule has 0 spiro atoms. The Morgan fingerprint density at radius 3 is 2.35 bits per heavy atom. The van der Waals surface area contributed by atoms with E-state index >= 15 is 0 Å². The molecule has 180 valence electrons. The van der Waals surface area contributed by atoms with Gasteiger partial charge in [-0.1, -0.05) is 48.7 Å². The van der Waals surface area contributed by atoms with Crippen LogP contribution in [0.25, 0.3) is 0 Å². The smallest absolute Gasteiger partial charge is 0.263 e. The highest BCUT2D eigenvalue weighted by atomic mass is 16.5. The van der Waals surface area contributed by atoms with Crippen LogP contribution >= 0.6 is 0 Å². The van der Waals surface area contributed by atoms with Gasteiger partial charge in [0.2, 0.25) is 5.91 Å². The second-order valence-electron chi connectivity index (χ2n) is 10.2. The van der Waals surface area contributed by atoms with E-state index in [1.807, 2.05) is 17.9 Å². The van der Waals surface area contributed by atoms with Gasteiger partial charge >= 0.3 is 0 Å². The summed E-state index contributed by atoms with van der Waals surface area (Å²) in [6.07, 6.45) is 6.77. The van der Waals surface area contributed by atoms with Crippen molar-refractivity contribution in [1.29, 1.82) is 0 Å². The molecule has 2 heterocycles. The lowest BCUT2D eigenvalue weighted by molar-refractivity contribution is -0.137. The van der Waals surface area contributed by atoms with E-state index in [1.54, 1.807) is 0 Å². The number of ether oxygens (including phenoxy) is 1. The summed E-state index contributed by atoms with van der Waals surface area (Å²) in [4.78, 5) is 30.4. The number of carbonyl (C=O) groups is 2. The van der Waals surface area contributed by atoms with Crippen LogP contribution in [0.15, 0.2) is 42.5 Å². The van der Waals surface area contributed by atoms with E-state index < -0.39 is 6.10 Å². The number of rotatable bonds is 5. The lowest BCUT2D eigenvalue weighted by Crippen LogP contribution is -2.43. The minimum atomic E-state index is -0.520. The molecule has 1 aliphatic carbocycles. The first-order valence-corrected chi connectivity index (χ1v) is 13.0. The number of nitrogens with zero attached hydrogens (tertiary/aromatic N) is 2. The van der Waals surface area contributed by atoms with Crippen molar-refractivity contribution in [3.63, 3.8) is 0 Å². The Morgan fingerprint density at radius 1 is 0.941 bits per heavy atom. The number of fused-ring (bicyclic) bond motifs is 1. The molecule has 1 saturated heterocycles. The molecule has 2 unspecified atom stereocenters. The van der Waals surface area contributed by atoms with Gasteiger partial charge in [0.15, 0.2) is 6.10 Å². The summed E-state index contributed by atoms with van der Waals surface area (Å²) in [6.45, 7) is 6.32. The predicted octanol–water partition coefficient (Wildman–Crippen LogP) is 5.05. The summed E-state index contributed by atoms with van der Waals surface area (Å²) < 4.78 is 6.16. The van der Waals surface area contributed by atoms with Gasteiger partial charge in [0, 0.05) is 25.6 Å². The van der Waals surface area contributed by atoms with E-state index in [0.717, 1.165) is 75.7 Å². The average molecular weight is 461 g/mol. The molecule has 0 N–H and O–H groups in total. The quantitative estimate of drug-likeness (QED) is 0.627. The summed E-state index contributed by atoms with van der Waals surface area (Å²) in [5.41, 5.74) is 4.72. The standard InChI is InChI=1S/C29H36N2O3/c1-20-9-11-23(12-10-20)27-26-19-25(34-21(2)28(32)30-16-5-6-17-30)14-13-22(26)15-18-31(27)29(33)24-7-3-4-8-24/h9-14,19,21,24,27H,3-8,15-18H2,1-2H3. The Hall–Kier alpha value is -2.82. The molecule has 2 aliphatic heterocycles. The van der Waals surface area contributed by atoms with Gasteiger partial charge in [-0.3, -0.25) is 9.59 Å². The lowest BCUT2D eigenvalue weighted by atomic mass is 9.86. The molecule has 2 fully saturated rings. The fraction of sp³-hybridized carbons (Fsp3) is 0.517. The van der Waals surface area contributed by atoms with Crippen LogP contribution < -0.4 is 4.74 Å². The predicted molar refractivity (Wildman–Crippen MR) is 133 cm³/mol. The van der Waals surface area contributed by atoms with E-state index in [1.165, 1.54) is 11.1 Å². The van der Waals surface area contributed by atoms with Crippen LogP contribution in [0.2, 0.25) is 0 Å². The van der Waals surface area contributed by atoms with E-state index in [9.17, 15) is 9.59 Å². The molecule has 1 saturated carbocycles. The van der Waals surface area contributed by atoms with E-state index in [-0.39, 0.29) is 23.8 Å². The fourth-order valence-electron chi connectivity index (χ4n) is 5.87. The minimum Gasteiger partial charge on any atom is -0.481 e. The number of hydrogen-bond donors (Lipinski definition) is 0. The second kappa shape index (κ2) is 9.81. The topological polar surface area (TPSA) is 49.9 Å². The number of benzene rings is 2. The van der Waals surface area contributed by atoms with Gasteiger partial charge in [0.1, 0.15) is 5.75 Å². The third-order valence-electron chi connectivity index (χ3n) is 7.80. The number of aryl methyl sites for hydroxylation is 1. The first-order chi connectivity index (χ1) is 16.5. The van der Waals surface area contributed by atoms with Gasteiger partial charge < -0.3 is 14.5 Å². The van der Waals surface area contributed by atoms with Gasteiger partial charge in [0.05, 0.1) is 6.04 Å². The SMILES string of the molecule is Cc1ccc(C2c3cc(OC(C)C(=O)N4CCCC4)ccc3CCN2C(=O)C2CCCC2)cc1. The monoisotopic (exact) mass is 460 g/mol. The minimum absolute atomic E-state index is 0.0587. The molecule has 0 radical (unpaired) electrons. The average Bonchev–Trinajstić information content (AvgIpc) is 3.58. The molecule has 5 rings (SSSR count). The van der Waals surface area contributed by atoms with Crippen LogP contribution in [0.4, 0.5) is 0 Å². The first-order valence-electron chi connectivity index (χ1n) is 13.0. The van der Waals surface area contributed by atoms with Crippen LogP contribution in [-0.4, -0.2) is 47.4 Å². The van der Waals surface area contributed by atoms with Crippen molar-refractivity contribution in [3.8, 4) is 5.75 Å². The maximum atomic E-state index is 13.6. The molecule has 2 amide bonds. The number of carbonyl (C=O) groups excluding carboxylic acids is 2. The Bertz CT molecular complexity index is 1040. The number of likely N-dealkylation sites (tertiary alicyclic amines) is 1. The summed E-state index contributed by atoms with van der Waals surface area (Å²) in [5.74, 6) is 1.19. The second-order valence-corrected chi connectivity index (χ2v) is 10.2. The summed E-state index contributed by atoms with van der Waals surface area (Å²) >= 11 is 0. The van der Waals surface area contributed by atoms with Gasteiger partial charge in [-0.2, -0.15) is 0 Å².